The van der Waals surface area contributed by atoms with Crippen LogP contribution < -0.4 is 16.0 Å². The molecule has 3 aliphatic heterocycles. The van der Waals surface area contributed by atoms with Crippen molar-refractivity contribution in [3.05, 3.63) is 63.4 Å². The van der Waals surface area contributed by atoms with Crippen molar-refractivity contribution in [2.45, 2.75) is 76.3 Å². The summed E-state index contributed by atoms with van der Waals surface area (Å²) in [5, 5.41) is 10.1. The molecular formula is C31H39Cl2FN4O2. The molecular weight excluding hydrogens is 550 g/mol. The molecule has 3 heterocycles. The van der Waals surface area contributed by atoms with E-state index in [2.05, 4.69) is 41.6 Å². The third-order valence-electron chi connectivity index (χ3n) is 8.62. The molecule has 216 valence electrons. The Morgan fingerprint density at radius 3 is 2.62 bits per heavy atom. The summed E-state index contributed by atoms with van der Waals surface area (Å²) in [6.45, 7) is 10.1. The van der Waals surface area contributed by atoms with Gasteiger partial charge >= 0.3 is 0 Å². The van der Waals surface area contributed by atoms with Gasteiger partial charge in [0, 0.05) is 29.2 Å². The van der Waals surface area contributed by atoms with Crippen molar-refractivity contribution < 1.29 is 14.0 Å². The van der Waals surface area contributed by atoms with E-state index in [1.54, 1.807) is 24.3 Å². The Balaban J connectivity index is 1.52. The fourth-order valence-corrected chi connectivity index (χ4v) is 7.29. The Morgan fingerprint density at radius 1 is 1.15 bits per heavy atom. The van der Waals surface area contributed by atoms with Crippen molar-refractivity contribution in [3.63, 3.8) is 0 Å². The molecule has 5 rings (SSSR count). The Kier molecular flexibility index (Phi) is 8.49. The highest BCUT2D eigenvalue weighted by Gasteiger charge is 2.66. The SMILES string of the molecule is CC(C)(C)C[C@H]1N[C@@H](C(=O)NCCCCN2CCCC2)[C@H](c2cccc(Cl)c2F)[C@@]12C(=O)Nc1cc(Cl)ccc12. The first-order valence-corrected chi connectivity index (χ1v) is 15.1. The molecule has 0 aliphatic carbocycles. The average molecular weight is 590 g/mol. The van der Waals surface area contributed by atoms with Crippen LogP contribution in [0.5, 0.6) is 0 Å². The summed E-state index contributed by atoms with van der Waals surface area (Å²) < 4.78 is 15.8. The Labute approximate surface area is 246 Å². The summed E-state index contributed by atoms with van der Waals surface area (Å²) in [5.41, 5.74) is 0.140. The number of benzene rings is 2. The fraction of sp³-hybridized carbons (Fsp3) is 0.548. The molecule has 9 heteroatoms. The van der Waals surface area contributed by atoms with Crippen molar-refractivity contribution in [2.75, 3.05) is 31.5 Å². The van der Waals surface area contributed by atoms with Crippen molar-refractivity contribution in [3.8, 4) is 0 Å². The Bertz CT molecular complexity index is 1280. The van der Waals surface area contributed by atoms with Gasteiger partial charge in [-0.05, 0) is 86.5 Å². The number of halogens is 3. The van der Waals surface area contributed by atoms with Gasteiger partial charge in [0.15, 0.2) is 0 Å². The van der Waals surface area contributed by atoms with Gasteiger partial charge in [0.2, 0.25) is 11.8 Å². The predicted octanol–water partition coefficient (Wildman–Crippen LogP) is 5.88. The first-order chi connectivity index (χ1) is 19.0. The van der Waals surface area contributed by atoms with E-state index in [9.17, 15) is 9.59 Å². The third-order valence-corrected chi connectivity index (χ3v) is 9.15. The number of hydrogen-bond acceptors (Lipinski definition) is 4. The molecule has 2 aromatic carbocycles. The lowest BCUT2D eigenvalue weighted by molar-refractivity contribution is -0.123. The average Bonchev–Trinajstić information content (AvgIpc) is 3.58. The van der Waals surface area contributed by atoms with Gasteiger partial charge in [-0.15, -0.1) is 0 Å². The maximum atomic E-state index is 15.8. The summed E-state index contributed by atoms with van der Waals surface area (Å²) in [7, 11) is 0. The molecule has 0 radical (unpaired) electrons. The molecule has 2 fully saturated rings. The maximum Gasteiger partial charge on any atom is 0.237 e. The summed E-state index contributed by atoms with van der Waals surface area (Å²) in [6, 6.07) is 8.82. The van der Waals surface area contributed by atoms with E-state index in [1.807, 2.05) is 6.07 Å². The van der Waals surface area contributed by atoms with Crippen molar-refractivity contribution in [1.82, 2.24) is 15.5 Å². The molecule has 4 atom stereocenters. The molecule has 1 spiro atoms. The quantitative estimate of drug-likeness (QED) is 0.337. The van der Waals surface area contributed by atoms with E-state index in [0.717, 1.165) is 32.5 Å². The van der Waals surface area contributed by atoms with Gasteiger partial charge in [-0.2, -0.15) is 0 Å². The summed E-state index contributed by atoms with van der Waals surface area (Å²) in [4.78, 5) is 30.5. The first kappa shape index (κ1) is 29.3. The van der Waals surface area contributed by atoms with Gasteiger partial charge in [-0.3, -0.25) is 9.59 Å². The van der Waals surface area contributed by atoms with Crippen LogP contribution in [0.15, 0.2) is 36.4 Å². The molecule has 0 saturated carbocycles. The minimum absolute atomic E-state index is 0.0391. The highest BCUT2D eigenvalue weighted by atomic mass is 35.5. The molecule has 6 nitrogen and oxygen atoms in total. The van der Waals surface area contributed by atoms with E-state index in [0.29, 0.717) is 29.2 Å². The van der Waals surface area contributed by atoms with Crippen LogP contribution in [0.3, 0.4) is 0 Å². The van der Waals surface area contributed by atoms with E-state index < -0.39 is 29.2 Å². The number of nitrogens with zero attached hydrogens (tertiary/aromatic N) is 1. The number of nitrogens with one attached hydrogen (secondary N) is 3. The second-order valence-electron chi connectivity index (χ2n) is 12.6. The number of likely N-dealkylation sites (tertiary alicyclic amines) is 1. The van der Waals surface area contributed by atoms with Crippen LogP contribution in [0.2, 0.25) is 10.0 Å². The van der Waals surface area contributed by atoms with Crippen LogP contribution in [-0.4, -0.2) is 55.0 Å². The maximum absolute atomic E-state index is 15.8. The second kappa shape index (κ2) is 11.6. The topological polar surface area (TPSA) is 73.5 Å². The standard InChI is InChI=1S/C31H39Cl2FN4O2/c1-30(2,3)18-24-31(21-12-11-19(32)17-23(21)36-29(31)40)25(20-9-8-10-22(33)26(20)34)27(37-24)28(39)35-13-4-5-14-38-15-6-7-16-38/h8-12,17,24-25,27,37H,4-7,13-16,18H2,1-3H3,(H,35,39)(H,36,40)/t24-,25+,27-,31+/m1/s1. The monoisotopic (exact) mass is 588 g/mol. The highest BCUT2D eigenvalue weighted by Crippen LogP contribution is 2.57. The number of fused-ring (bicyclic) bond motifs is 2. The molecule has 3 N–H and O–H groups in total. The lowest BCUT2D eigenvalue weighted by Gasteiger charge is -2.37. The molecule has 40 heavy (non-hydrogen) atoms. The minimum Gasteiger partial charge on any atom is -0.355 e. The Morgan fingerprint density at radius 2 is 1.90 bits per heavy atom. The van der Waals surface area contributed by atoms with Gasteiger partial charge in [-0.25, -0.2) is 4.39 Å². The normalized spacial score (nSPS) is 26.4. The predicted molar refractivity (Wildman–Crippen MR) is 159 cm³/mol. The number of hydrogen-bond donors (Lipinski definition) is 3. The van der Waals surface area contributed by atoms with Crippen LogP contribution >= 0.6 is 23.2 Å². The molecule has 2 amide bonds. The molecule has 0 aromatic heterocycles. The van der Waals surface area contributed by atoms with E-state index >= 15 is 4.39 Å². The van der Waals surface area contributed by atoms with Crippen LogP contribution in [0.25, 0.3) is 0 Å². The van der Waals surface area contributed by atoms with Crippen LogP contribution in [0, 0.1) is 11.2 Å². The third kappa shape index (κ3) is 5.50. The number of carbonyl (C=O) groups is 2. The van der Waals surface area contributed by atoms with E-state index in [1.165, 1.54) is 18.9 Å². The van der Waals surface area contributed by atoms with Gasteiger partial charge in [0.25, 0.3) is 0 Å². The van der Waals surface area contributed by atoms with Crippen LogP contribution in [0.4, 0.5) is 10.1 Å². The number of carbonyl (C=O) groups excluding carboxylic acids is 2. The number of rotatable bonds is 8. The molecule has 2 saturated heterocycles. The first-order valence-electron chi connectivity index (χ1n) is 14.3. The largest absolute Gasteiger partial charge is 0.355 e. The van der Waals surface area contributed by atoms with Crippen LogP contribution in [-0.2, 0) is 15.0 Å². The highest BCUT2D eigenvalue weighted by molar-refractivity contribution is 6.31. The van der Waals surface area contributed by atoms with Crippen LogP contribution in [0.1, 0.15) is 69.9 Å². The zero-order valence-electron chi connectivity index (χ0n) is 23.5. The van der Waals surface area contributed by atoms with Gasteiger partial charge < -0.3 is 20.9 Å². The zero-order valence-corrected chi connectivity index (χ0v) is 25.0. The van der Waals surface area contributed by atoms with E-state index in [-0.39, 0.29) is 27.8 Å². The Hall–Kier alpha value is -2.19. The van der Waals surface area contributed by atoms with Crippen molar-refractivity contribution in [1.29, 1.82) is 0 Å². The zero-order chi connectivity index (χ0) is 28.7. The van der Waals surface area contributed by atoms with E-state index in [4.69, 9.17) is 23.2 Å². The van der Waals surface area contributed by atoms with Gasteiger partial charge in [0.1, 0.15) is 11.2 Å². The van der Waals surface area contributed by atoms with Gasteiger partial charge in [-0.1, -0.05) is 62.2 Å². The lowest BCUT2D eigenvalue weighted by atomic mass is 9.62. The smallest absolute Gasteiger partial charge is 0.237 e. The number of unbranched alkanes of at least 4 members (excludes halogenated alkanes) is 1. The molecule has 2 aromatic rings. The summed E-state index contributed by atoms with van der Waals surface area (Å²) in [6.07, 6.45) is 4.94. The summed E-state index contributed by atoms with van der Waals surface area (Å²) in [5.74, 6) is -1.94. The lowest BCUT2D eigenvalue weighted by Crippen LogP contribution is -2.49. The number of anilines is 1. The van der Waals surface area contributed by atoms with Gasteiger partial charge in [0.05, 0.1) is 11.1 Å². The molecule has 0 bridgehead atoms. The minimum atomic E-state index is -1.24. The molecule has 0 unspecified atom stereocenters. The van der Waals surface area contributed by atoms with Crippen molar-refractivity contribution in [2.24, 2.45) is 5.41 Å². The number of amides is 2. The summed E-state index contributed by atoms with van der Waals surface area (Å²) >= 11 is 12.6. The second-order valence-corrected chi connectivity index (χ2v) is 13.5. The molecule has 3 aliphatic rings. The fourth-order valence-electron chi connectivity index (χ4n) is 6.94. The van der Waals surface area contributed by atoms with Crippen molar-refractivity contribution >= 4 is 40.7 Å².